The van der Waals surface area contributed by atoms with Crippen LogP contribution in [0.25, 0.3) is 11.1 Å². The SMILES string of the molecule is COC(=O)[C@H](Cc1ccc(C(=O)OC(C)(C)C)cc1)NC(=O)c1ccc(-c2ccccc2)cc1. The summed E-state index contributed by atoms with van der Waals surface area (Å²) >= 11 is 0. The molecule has 1 N–H and O–H groups in total. The summed E-state index contributed by atoms with van der Waals surface area (Å²) in [7, 11) is 1.28. The fourth-order valence-electron chi connectivity index (χ4n) is 3.37. The number of rotatable bonds is 7. The predicted molar refractivity (Wildman–Crippen MR) is 130 cm³/mol. The first-order valence-electron chi connectivity index (χ1n) is 11.0. The van der Waals surface area contributed by atoms with Gasteiger partial charge in [-0.1, -0.05) is 54.6 Å². The Morgan fingerprint density at radius 1 is 0.794 bits per heavy atom. The fraction of sp³-hybridized carbons (Fsp3) is 0.250. The lowest BCUT2D eigenvalue weighted by Gasteiger charge is -2.20. The smallest absolute Gasteiger partial charge is 0.338 e. The molecule has 0 fully saturated rings. The average molecular weight is 460 g/mol. The standard InChI is InChI=1S/C28H29NO5/c1-28(2,3)34-26(31)23-12-10-19(11-13-23)18-24(27(32)33-4)29-25(30)22-16-14-21(15-17-22)20-8-6-5-7-9-20/h5-17,24H,18H2,1-4H3,(H,29,30)/t24-/m0/s1. The maximum Gasteiger partial charge on any atom is 0.338 e. The number of methoxy groups -OCH3 is 1. The van der Waals surface area contributed by atoms with Gasteiger partial charge in [-0.15, -0.1) is 0 Å². The molecule has 0 aliphatic heterocycles. The summed E-state index contributed by atoms with van der Waals surface area (Å²) in [5.74, 6) is -1.35. The second-order valence-electron chi connectivity index (χ2n) is 8.90. The van der Waals surface area contributed by atoms with Gasteiger partial charge >= 0.3 is 11.9 Å². The molecule has 34 heavy (non-hydrogen) atoms. The molecule has 0 heterocycles. The second kappa shape index (κ2) is 10.8. The number of hydrogen-bond donors (Lipinski definition) is 1. The van der Waals surface area contributed by atoms with Crippen LogP contribution in [0.3, 0.4) is 0 Å². The molecular weight excluding hydrogens is 430 g/mol. The van der Waals surface area contributed by atoms with Crippen LogP contribution in [-0.2, 0) is 20.7 Å². The van der Waals surface area contributed by atoms with E-state index in [1.54, 1.807) is 57.2 Å². The van der Waals surface area contributed by atoms with Crippen LogP contribution in [0, 0.1) is 0 Å². The van der Waals surface area contributed by atoms with Crippen molar-refractivity contribution in [3.63, 3.8) is 0 Å². The number of carbonyl (C=O) groups excluding carboxylic acids is 3. The van der Waals surface area contributed by atoms with Gasteiger partial charge in [-0.25, -0.2) is 9.59 Å². The van der Waals surface area contributed by atoms with Crippen LogP contribution in [0.4, 0.5) is 0 Å². The molecular formula is C28H29NO5. The van der Waals surface area contributed by atoms with Crippen molar-refractivity contribution >= 4 is 17.8 Å². The van der Waals surface area contributed by atoms with Gasteiger partial charge < -0.3 is 14.8 Å². The first kappa shape index (κ1) is 24.7. The zero-order valence-corrected chi connectivity index (χ0v) is 19.8. The summed E-state index contributed by atoms with van der Waals surface area (Å²) < 4.78 is 10.3. The van der Waals surface area contributed by atoms with E-state index < -0.39 is 23.6 Å². The van der Waals surface area contributed by atoms with Crippen LogP contribution in [-0.4, -0.2) is 36.6 Å². The third kappa shape index (κ3) is 6.78. The molecule has 6 nitrogen and oxygen atoms in total. The highest BCUT2D eigenvalue weighted by Crippen LogP contribution is 2.19. The first-order valence-corrected chi connectivity index (χ1v) is 11.0. The van der Waals surface area contributed by atoms with Crippen LogP contribution in [0.2, 0.25) is 0 Å². The molecule has 0 bridgehead atoms. The van der Waals surface area contributed by atoms with Gasteiger partial charge in [-0.05, 0) is 61.7 Å². The molecule has 0 radical (unpaired) electrons. The Kier molecular flexibility index (Phi) is 7.84. The molecule has 0 spiro atoms. The van der Waals surface area contributed by atoms with E-state index in [1.165, 1.54) is 7.11 Å². The maximum absolute atomic E-state index is 12.8. The Morgan fingerprint density at radius 2 is 1.35 bits per heavy atom. The van der Waals surface area contributed by atoms with Gasteiger partial charge in [0.15, 0.2) is 0 Å². The van der Waals surface area contributed by atoms with Crippen LogP contribution >= 0.6 is 0 Å². The van der Waals surface area contributed by atoms with Crippen molar-refractivity contribution in [2.24, 2.45) is 0 Å². The number of nitrogens with one attached hydrogen (secondary N) is 1. The van der Waals surface area contributed by atoms with Crippen molar-refractivity contribution in [1.29, 1.82) is 0 Å². The number of benzene rings is 3. The molecule has 0 unspecified atom stereocenters. The van der Waals surface area contributed by atoms with Gasteiger partial charge in [0.1, 0.15) is 11.6 Å². The molecule has 176 valence electrons. The van der Waals surface area contributed by atoms with E-state index in [-0.39, 0.29) is 12.3 Å². The highest BCUT2D eigenvalue weighted by molar-refractivity contribution is 5.97. The zero-order valence-electron chi connectivity index (χ0n) is 19.8. The van der Waals surface area contributed by atoms with Gasteiger partial charge in [-0.3, -0.25) is 4.79 Å². The summed E-state index contributed by atoms with van der Waals surface area (Å²) in [6, 6.07) is 22.9. The minimum absolute atomic E-state index is 0.217. The van der Waals surface area contributed by atoms with Crippen molar-refractivity contribution in [3.8, 4) is 11.1 Å². The van der Waals surface area contributed by atoms with E-state index >= 15 is 0 Å². The van der Waals surface area contributed by atoms with E-state index in [4.69, 9.17) is 9.47 Å². The lowest BCUT2D eigenvalue weighted by atomic mass is 10.0. The number of carbonyl (C=O) groups is 3. The monoisotopic (exact) mass is 459 g/mol. The van der Waals surface area contributed by atoms with E-state index in [9.17, 15) is 14.4 Å². The van der Waals surface area contributed by atoms with Crippen molar-refractivity contribution in [2.75, 3.05) is 7.11 Å². The van der Waals surface area contributed by atoms with Gasteiger partial charge in [0, 0.05) is 12.0 Å². The van der Waals surface area contributed by atoms with Gasteiger partial charge in [-0.2, -0.15) is 0 Å². The minimum atomic E-state index is -0.876. The average Bonchev–Trinajstić information content (AvgIpc) is 2.83. The lowest BCUT2D eigenvalue weighted by molar-refractivity contribution is -0.142. The summed E-state index contributed by atoms with van der Waals surface area (Å²) in [6.45, 7) is 5.41. The van der Waals surface area contributed by atoms with E-state index in [1.807, 2.05) is 42.5 Å². The highest BCUT2D eigenvalue weighted by Gasteiger charge is 2.23. The van der Waals surface area contributed by atoms with Crippen molar-refractivity contribution < 1.29 is 23.9 Å². The summed E-state index contributed by atoms with van der Waals surface area (Å²) in [6.07, 6.45) is 0.217. The minimum Gasteiger partial charge on any atom is -0.467 e. The number of ether oxygens (including phenoxy) is 2. The molecule has 0 saturated heterocycles. The predicted octanol–water partition coefficient (Wildman–Crippen LogP) is 4.82. The summed E-state index contributed by atoms with van der Waals surface area (Å²) in [5.41, 5.74) is 3.07. The van der Waals surface area contributed by atoms with Crippen LogP contribution in [0.5, 0.6) is 0 Å². The number of esters is 2. The Balaban J connectivity index is 1.68. The molecule has 0 aliphatic carbocycles. The topological polar surface area (TPSA) is 81.7 Å². The normalized spacial score (nSPS) is 11.9. The third-order valence-electron chi connectivity index (χ3n) is 5.07. The molecule has 0 aliphatic rings. The Bertz CT molecular complexity index is 1130. The first-order chi connectivity index (χ1) is 16.2. The van der Waals surface area contributed by atoms with Gasteiger partial charge in [0.25, 0.3) is 5.91 Å². The Morgan fingerprint density at radius 3 is 1.91 bits per heavy atom. The Hall–Kier alpha value is -3.93. The largest absolute Gasteiger partial charge is 0.467 e. The van der Waals surface area contributed by atoms with Crippen molar-refractivity contribution in [1.82, 2.24) is 5.32 Å². The molecule has 3 rings (SSSR count). The third-order valence-corrected chi connectivity index (χ3v) is 5.07. The van der Waals surface area contributed by atoms with Gasteiger partial charge in [0.2, 0.25) is 0 Å². The number of hydrogen-bond acceptors (Lipinski definition) is 5. The van der Waals surface area contributed by atoms with E-state index in [0.717, 1.165) is 16.7 Å². The van der Waals surface area contributed by atoms with Crippen molar-refractivity contribution in [3.05, 3.63) is 95.6 Å². The molecule has 3 aromatic rings. The maximum atomic E-state index is 12.8. The molecule has 1 atom stereocenters. The zero-order chi connectivity index (χ0) is 24.7. The molecule has 0 aromatic heterocycles. The second-order valence-corrected chi connectivity index (χ2v) is 8.90. The summed E-state index contributed by atoms with van der Waals surface area (Å²) in [5, 5.41) is 2.76. The summed E-state index contributed by atoms with van der Waals surface area (Å²) in [4.78, 5) is 37.4. The number of amides is 1. The van der Waals surface area contributed by atoms with Gasteiger partial charge in [0.05, 0.1) is 12.7 Å². The Labute approximate surface area is 199 Å². The molecule has 1 amide bonds. The van der Waals surface area contributed by atoms with Crippen LogP contribution in [0.1, 0.15) is 47.1 Å². The molecule has 6 heteroatoms. The van der Waals surface area contributed by atoms with E-state index in [0.29, 0.717) is 11.1 Å². The van der Waals surface area contributed by atoms with Crippen molar-refractivity contribution in [2.45, 2.75) is 38.8 Å². The highest BCUT2D eigenvalue weighted by atomic mass is 16.6. The van der Waals surface area contributed by atoms with E-state index in [2.05, 4.69) is 5.32 Å². The quantitative estimate of drug-likeness (QED) is 0.512. The van der Waals surface area contributed by atoms with Crippen LogP contribution in [0.15, 0.2) is 78.9 Å². The molecule has 0 saturated carbocycles. The van der Waals surface area contributed by atoms with Crippen LogP contribution < -0.4 is 5.32 Å². The fourth-order valence-corrected chi connectivity index (χ4v) is 3.37. The lowest BCUT2D eigenvalue weighted by Crippen LogP contribution is -2.43. The molecule has 3 aromatic carbocycles.